The quantitative estimate of drug-likeness (QED) is 0.477. The van der Waals surface area contributed by atoms with E-state index in [1.807, 2.05) is 0 Å². The molecule has 0 aromatic carbocycles. The molecule has 0 saturated heterocycles. The van der Waals surface area contributed by atoms with Crippen LogP contribution in [0.3, 0.4) is 0 Å². The minimum Gasteiger partial charge on any atom is -0.481 e. The lowest BCUT2D eigenvalue weighted by Crippen LogP contribution is -2.35. The van der Waals surface area contributed by atoms with Crippen molar-refractivity contribution in [2.75, 3.05) is 0 Å². The molecule has 1 saturated carbocycles. The largest absolute Gasteiger partial charge is 0.481 e. The lowest BCUT2D eigenvalue weighted by molar-refractivity contribution is -0.145. The zero-order chi connectivity index (χ0) is 14.9. The van der Waals surface area contributed by atoms with E-state index in [4.69, 9.17) is 0 Å². The number of carboxylic acid groups (broad SMARTS) is 1. The van der Waals surface area contributed by atoms with E-state index in [9.17, 15) is 9.90 Å². The summed E-state index contributed by atoms with van der Waals surface area (Å²) in [6, 6.07) is 0. The maximum absolute atomic E-state index is 11.7. The summed E-state index contributed by atoms with van der Waals surface area (Å²) < 4.78 is 0. The number of aliphatic carboxylic acids is 1. The van der Waals surface area contributed by atoms with Gasteiger partial charge in [0.1, 0.15) is 8.07 Å². The van der Waals surface area contributed by atoms with Crippen molar-refractivity contribution >= 4 is 14.0 Å². The highest BCUT2D eigenvalue weighted by atomic mass is 28.3. The van der Waals surface area contributed by atoms with Gasteiger partial charge in [-0.1, -0.05) is 45.1 Å². The lowest BCUT2D eigenvalue weighted by Gasteiger charge is -2.33. The fraction of sp³-hybridized carbons (Fsp3) is 0.706. The number of carbonyl (C=O) groups is 1. The molecule has 2 nitrogen and oxygen atoms in total. The Morgan fingerprint density at radius 3 is 2.55 bits per heavy atom. The molecule has 2 aliphatic carbocycles. The molecular formula is C17H26O2Si. The second kappa shape index (κ2) is 5.77. The number of fused-ring (bicyclic) bond motifs is 1. The van der Waals surface area contributed by atoms with Crippen LogP contribution in [0.15, 0.2) is 12.2 Å². The number of carboxylic acids is 1. The summed E-state index contributed by atoms with van der Waals surface area (Å²) in [4.78, 5) is 11.7. The summed E-state index contributed by atoms with van der Waals surface area (Å²) >= 11 is 0. The van der Waals surface area contributed by atoms with Crippen LogP contribution in [0.5, 0.6) is 0 Å². The van der Waals surface area contributed by atoms with Crippen molar-refractivity contribution in [1.82, 2.24) is 0 Å². The molecule has 0 bridgehead atoms. The van der Waals surface area contributed by atoms with Gasteiger partial charge in [0.05, 0.1) is 11.8 Å². The Balaban J connectivity index is 2.28. The van der Waals surface area contributed by atoms with Gasteiger partial charge in [-0.2, -0.15) is 0 Å². The first-order chi connectivity index (χ1) is 9.33. The normalized spacial score (nSPS) is 36.1. The van der Waals surface area contributed by atoms with Crippen molar-refractivity contribution in [3.8, 4) is 11.5 Å². The molecule has 0 aliphatic heterocycles. The molecule has 110 valence electrons. The lowest BCUT2D eigenvalue weighted by atomic mass is 9.70. The maximum Gasteiger partial charge on any atom is 0.308 e. The van der Waals surface area contributed by atoms with Gasteiger partial charge in [0.15, 0.2) is 0 Å². The van der Waals surface area contributed by atoms with Gasteiger partial charge in [0.2, 0.25) is 0 Å². The zero-order valence-corrected chi connectivity index (χ0v) is 14.0. The first-order valence-corrected chi connectivity index (χ1v) is 11.3. The van der Waals surface area contributed by atoms with Crippen molar-refractivity contribution in [1.29, 1.82) is 0 Å². The van der Waals surface area contributed by atoms with Crippen molar-refractivity contribution in [2.24, 2.45) is 29.6 Å². The topological polar surface area (TPSA) is 37.3 Å². The van der Waals surface area contributed by atoms with Crippen LogP contribution in [0.4, 0.5) is 0 Å². The Bertz CT molecular complexity index is 464. The van der Waals surface area contributed by atoms with Crippen molar-refractivity contribution in [3.63, 3.8) is 0 Å². The Kier molecular flexibility index (Phi) is 4.44. The van der Waals surface area contributed by atoms with E-state index >= 15 is 0 Å². The fourth-order valence-electron chi connectivity index (χ4n) is 3.74. The van der Waals surface area contributed by atoms with Gasteiger partial charge in [0.25, 0.3) is 0 Å². The average molecular weight is 290 g/mol. The van der Waals surface area contributed by atoms with E-state index < -0.39 is 14.0 Å². The molecule has 0 unspecified atom stereocenters. The Morgan fingerprint density at radius 1 is 1.30 bits per heavy atom. The first-order valence-electron chi connectivity index (χ1n) is 7.77. The summed E-state index contributed by atoms with van der Waals surface area (Å²) in [6.07, 6.45) is 7.74. The SMILES string of the molecule is CC[C@H]1CC[C@@H]2[C@@H]1C=C[C@@H](C#C[Si](C)(C)C)[C@H]2C(=O)O. The predicted octanol–water partition coefficient (Wildman–Crippen LogP) is 3.81. The third kappa shape index (κ3) is 3.17. The molecule has 0 aromatic rings. The van der Waals surface area contributed by atoms with Crippen LogP contribution in [0.25, 0.3) is 0 Å². The molecule has 2 aliphatic rings. The van der Waals surface area contributed by atoms with Crippen LogP contribution in [-0.4, -0.2) is 19.1 Å². The molecule has 3 heteroatoms. The Hall–Kier alpha value is -1.01. The van der Waals surface area contributed by atoms with Crippen molar-refractivity contribution in [2.45, 2.75) is 45.8 Å². The summed E-state index contributed by atoms with van der Waals surface area (Å²) in [6.45, 7) is 8.82. The average Bonchev–Trinajstić information content (AvgIpc) is 2.77. The molecule has 20 heavy (non-hydrogen) atoms. The van der Waals surface area contributed by atoms with Crippen molar-refractivity contribution in [3.05, 3.63) is 12.2 Å². The molecule has 5 atom stereocenters. The molecule has 0 spiro atoms. The minimum atomic E-state index is -1.45. The summed E-state index contributed by atoms with van der Waals surface area (Å²) in [7, 11) is -1.45. The first kappa shape index (κ1) is 15.4. The van der Waals surface area contributed by atoms with Crippen LogP contribution >= 0.6 is 0 Å². The molecule has 2 rings (SSSR count). The van der Waals surface area contributed by atoms with E-state index in [0.29, 0.717) is 17.8 Å². The number of hydrogen-bond acceptors (Lipinski definition) is 1. The van der Waals surface area contributed by atoms with Gasteiger partial charge in [0, 0.05) is 0 Å². The third-order valence-electron chi connectivity index (χ3n) is 4.72. The highest BCUT2D eigenvalue weighted by molar-refractivity contribution is 6.83. The molecule has 0 amide bonds. The molecule has 0 radical (unpaired) electrons. The molecule has 1 fully saturated rings. The maximum atomic E-state index is 11.7. The highest BCUT2D eigenvalue weighted by Gasteiger charge is 2.45. The Morgan fingerprint density at radius 2 is 2.00 bits per heavy atom. The Labute approximate surface area is 123 Å². The van der Waals surface area contributed by atoms with Gasteiger partial charge < -0.3 is 5.11 Å². The zero-order valence-electron chi connectivity index (χ0n) is 13.0. The van der Waals surface area contributed by atoms with Crippen molar-refractivity contribution < 1.29 is 9.90 Å². The van der Waals surface area contributed by atoms with Crippen LogP contribution in [-0.2, 0) is 4.79 Å². The van der Waals surface area contributed by atoms with E-state index in [1.54, 1.807) is 0 Å². The predicted molar refractivity (Wildman–Crippen MR) is 84.9 cm³/mol. The third-order valence-corrected chi connectivity index (χ3v) is 5.62. The second-order valence-corrected chi connectivity index (χ2v) is 12.0. The summed E-state index contributed by atoms with van der Waals surface area (Å²) in [5, 5.41) is 9.65. The summed E-state index contributed by atoms with van der Waals surface area (Å²) in [5.41, 5.74) is 3.36. The molecule has 0 aromatic heterocycles. The molecule has 0 heterocycles. The monoisotopic (exact) mass is 290 g/mol. The van der Waals surface area contributed by atoms with Gasteiger partial charge in [-0.05, 0) is 30.6 Å². The van der Waals surface area contributed by atoms with Crippen LogP contribution < -0.4 is 0 Å². The second-order valence-electron chi connectivity index (χ2n) is 7.28. The van der Waals surface area contributed by atoms with E-state index in [-0.39, 0.29) is 11.8 Å². The van der Waals surface area contributed by atoms with Gasteiger partial charge >= 0.3 is 5.97 Å². The number of allylic oxidation sites excluding steroid dienone is 2. The van der Waals surface area contributed by atoms with Crippen LogP contribution in [0, 0.1) is 41.1 Å². The fourth-order valence-corrected chi connectivity index (χ4v) is 4.34. The van der Waals surface area contributed by atoms with Gasteiger partial charge in [-0.3, -0.25) is 4.79 Å². The van der Waals surface area contributed by atoms with E-state index in [0.717, 1.165) is 12.8 Å². The number of hydrogen-bond donors (Lipinski definition) is 1. The van der Waals surface area contributed by atoms with Crippen LogP contribution in [0.2, 0.25) is 19.6 Å². The van der Waals surface area contributed by atoms with E-state index in [2.05, 4.69) is 50.2 Å². The standard InChI is InChI=1S/C17H26O2Si/c1-5-12-6-9-15-14(12)8-7-13(16(15)17(18)19)10-11-20(2,3)4/h7-8,12-16H,5-6,9H2,1-4H3,(H,18,19)/t12-,13-,14+,15+,16+/m0/s1. The highest BCUT2D eigenvalue weighted by Crippen LogP contribution is 2.48. The van der Waals surface area contributed by atoms with Gasteiger partial charge in [-0.15, -0.1) is 11.5 Å². The van der Waals surface area contributed by atoms with Gasteiger partial charge in [-0.25, -0.2) is 0 Å². The van der Waals surface area contributed by atoms with E-state index in [1.165, 1.54) is 6.42 Å². The van der Waals surface area contributed by atoms with Crippen LogP contribution in [0.1, 0.15) is 26.2 Å². The molecule has 1 N–H and O–H groups in total. The molecular weight excluding hydrogens is 264 g/mol. The minimum absolute atomic E-state index is 0.0870. The summed E-state index contributed by atoms with van der Waals surface area (Å²) in [5.74, 6) is 3.67. The smallest absolute Gasteiger partial charge is 0.308 e. The number of rotatable bonds is 2.